The van der Waals surface area contributed by atoms with Gasteiger partial charge in [-0.25, -0.2) is 4.79 Å². The van der Waals surface area contributed by atoms with Crippen molar-refractivity contribution in [3.63, 3.8) is 0 Å². The number of nitrogens with one attached hydrogen (secondary N) is 3. The summed E-state index contributed by atoms with van der Waals surface area (Å²) < 4.78 is 0. The Labute approximate surface area is 180 Å². The molecule has 6 aliphatic rings. The van der Waals surface area contributed by atoms with Gasteiger partial charge in [0.05, 0.1) is 0 Å². The van der Waals surface area contributed by atoms with Gasteiger partial charge in [-0.05, 0) is 87.5 Å². The van der Waals surface area contributed by atoms with Crippen molar-refractivity contribution in [2.75, 3.05) is 32.7 Å². The molecule has 0 radical (unpaired) electrons. The van der Waals surface area contributed by atoms with Crippen LogP contribution in [0.15, 0.2) is 0 Å². The third-order valence-electron chi connectivity index (χ3n) is 8.55. The molecule has 0 unspecified atom stereocenters. The normalized spacial score (nSPS) is 36.7. The van der Waals surface area contributed by atoms with Crippen molar-refractivity contribution >= 4 is 24.3 Å². The van der Waals surface area contributed by atoms with Crippen LogP contribution in [0, 0.1) is 23.2 Å². The average Bonchev–Trinajstić information content (AvgIpc) is 3.08. The number of carbonyl (C=O) groups excluding carboxylic acids is 2. The van der Waals surface area contributed by atoms with Crippen molar-refractivity contribution in [3.8, 4) is 0 Å². The largest absolute Gasteiger partial charge is 0.343 e. The Kier molecular flexibility index (Phi) is 6.04. The number of carbonyl (C=O) groups is 2. The molecular weight excluding hydrogens is 388 g/mol. The molecule has 6 rings (SSSR count). The molecule has 1 spiro atoms. The molecule has 2 aliphatic heterocycles. The predicted molar refractivity (Wildman–Crippen MR) is 115 cm³/mol. The van der Waals surface area contributed by atoms with Crippen LogP contribution in [0.3, 0.4) is 0 Å². The van der Waals surface area contributed by atoms with Crippen LogP contribution < -0.4 is 16.0 Å². The molecule has 0 aromatic rings. The van der Waals surface area contributed by atoms with Gasteiger partial charge < -0.3 is 20.9 Å². The maximum atomic E-state index is 12.5. The summed E-state index contributed by atoms with van der Waals surface area (Å²) in [6.07, 6.45) is 11.5. The first-order valence-corrected chi connectivity index (χ1v) is 11.6. The van der Waals surface area contributed by atoms with E-state index in [1.807, 2.05) is 4.90 Å². The molecule has 4 saturated carbocycles. The molecule has 3 N–H and O–H groups in total. The second kappa shape index (κ2) is 8.26. The molecule has 2 heterocycles. The van der Waals surface area contributed by atoms with Gasteiger partial charge in [-0.3, -0.25) is 4.79 Å². The van der Waals surface area contributed by atoms with Gasteiger partial charge in [0.15, 0.2) is 0 Å². The van der Waals surface area contributed by atoms with Gasteiger partial charge in [-0.15, -0.1) is 12.4 Å². The van der Waals surface area contributed by atoms with Crippen LogP contribution in [0.25, 0.3) is 0 Å². The lowest BCUT2D eigenvalue weighted by atomic mass is 9.53. The number of nitrogens with zero attached hydrogens (tertiary/aromatic N) is 1. The van der Waals surface area contributed by atoms with E-state index in [-0.39, 0.29) is 29.9 Å². The number of hydrogen-bond acceptors (Lipinski definition) is 3. The fourth-order valence-electron chi connectivity index (χ4n) is 7.44. The van der Waals surface area contributed by atoms with E-state index in [0.717, 1.165) is 76.0 Å². The lowest BCUT2D eigenvalue weighted by molar-refractivity contribution is -0.133. The summed E-state index contributed by atoms with van der Waals surface area (Å²) >= 11 is 0. The monoisotopic (exact) mass is 424 g/mol. The molecular formula is C22H37ClN4O2. The summed E-state index contributed by atoms with van der Waals surface area (Å²) in [5.74, 6) is 2.66. The number of hydrogen-bond donors (Lipinski definition) is 3. The van der Waals surface area contributed by atoms with E-state index in [4.69, 9.17) is 0 Å². The van der Waals surface area contributed by atoms with Crippen LogP contribution in [-0.2, 0) is 4.79 Å². The van der Waals surface area contributed by atoms with E-state index in [1.54, 1.807) is 0 Å². The molecule has 164 valence electrons. The topological polar surface area (TPSA) is 73.5 Å². The summed E-state index contributed by atoms with van der Waals surface area (Å²) in [7, 11) is 0. The zero-order valence-electron chi connectivity index (χ0n) is 17.5. The van der Waals surface area contributed by atoms with Crippen molar-refractivity contribution in [1.29, 1.82) is 0 Å². The summed E-state index contributed by atoms with van der Waals surface area (Å²) in [5.41, 5.74) is 0.478. The highest BCUT2D eigenvalue weighted by atomic mass is 35.5. The Morgan fingerprint density at radius 3 is 2.14 bits per heavy atom. The first-order chi connectivity index (χ1) is 13.5. The van der Waals surface area contributed by atoms with Crippen molar-refractivity contribution in [2.45, 2.75) is 69.7 Å². The molecule has 29 heavy (non-hydrogen) atoms. The van der Waals surface area contributed by atoms with E-state index in [2.05, 4.69) is 16.0 Å². The molecule has 4 aliphatic carbocycles. The molecule has 6 nitrogen and oxygen atoms in total. The number of likely N-dealkylation sites (tertiary alicyclic amines) is 1. The minimum Gasteiger partial charge on any atom is -0.343 e. The van der Waals surface area contributed by atoms with Gasteiger partial charge in [0.1, 0.15) is 0 Å². The molecule has 3 amide bonds. The Morgan fingerprint density at radius 1 is 0.966 bits per heavy atom. The maximum Gasteiger partial charge on any atom is 0.315 e. The first kappa shape index (κ1) is 21.2. The standard InChI is InChI=1S/C22H36N4O2.ClH/c27-19(26-7-3-21(4-8-26)2-6-23-15-21)1-5-24-20(28)25-22-12-16-9-17(13-22)11-18(10-16)14-22;/h16-18,23H,1-15H2,(H2,24,25,28);1H. The lowest BCUT2D eigenvalue weighted by Crippen LogP contribution is -2.61. The van der Waals surface area contributed by atoms with Crippen molar-refractivity contribution < 1.29 is 9.59 Å². The van der Waals surface area contributed by atoms with E-state index >= 15 is 0 Å². The van der Waals surface area contributed by atoms with E-state index in [0.29, 0.717) is 18.4 Å². The highest BCUT2D eigenvalue weighted by molar-refractivity contribution is 5.85. The Hall–Kier alpha value is -1.01. The minimum atomic E-state index is -0.0654. The third-order valence-corrected chi connectivity index (χ3v) is 8.55. The number of amides is 3. The molecule has 0 atom stereocenters. The molecule has 4 bridgehead atoms. The average molecular weight is 425 g/mol. The zero-order chi connectivity index (χ0) is 19.2. The quantitative estimate of drug-likeness (QED) is 0.649. The third kappa shape index (κ3) is 4.39. The Morgan fingerprint density at radius 2 is 1.59 bits per heavy atom. The SMILES string of the molecule is Cl.O=C(NCCC(=O)N1CCC2(CCNC2)CC1)NC12CC3CC(CC(C3)C1)C2. The van der Waals surface area contributed by atoms with E-state index in [9.17, 15) is 9.59 Å². The molecule has 6 fully saturated rings. The summed E-state index contributed by atoms with van der Waals surface area (Å²) in [6.45, 7) is 4.43. The number of rotatable bonds is 4. The maximum absolute atomic E-state index is 12.5. The Balaban J connectivity index is 0.00000205. The van der Waals surface area contributed by atoms with Crippen molar-refractivity contribution in [1.82, 2.24) is 20.9 Å². The van der Waals surface area contributed by atoms with Crippen molar-refractivity contribution in [3.05, 3.63) is 0 Å². The van der Waals surface area contributed by atoms with Gasteiger partial charge in [-0.1, -0.05) is 0 Å². The van der Waals surface area contributed by atoms with Gasteiger partial charge in [-0.2, -0.15) is 0 Å². The van der Waals surface area contributed by atoms with Crippen LogP contribution >= 0.6 is 12.4 Å². The van der Waals surface area contributed by atoms with Gasteiger partial charge >= 0.3 is 6.03 Å². The van der Waals surface area contributed by atoms with Gasteiger partial charge in [0, 0.05) is 38.1 Å². The molecule has 0 aromatic heterocycles. The summed E-state index contributed by atoms with van der Waals surface area (Å²) in [4.78, 5) is 27.0. The second-order valence-corrected chi connectivity index (χ2v) is 10.6. The zero-order valence-corrected chi connectivity index (χ0v) is 18.3. The number of piperidine rings is 1. The second-order valence-electron chi connectivity index (χ2n) is 10.6. The van der Waals surface area contributed by atoms with Crippen LogP contribution in [0.4, 0.5) is 4.79 Å². The number of urea groups is 1. The lowest BCUT2D eigenvalue weighted by Gasteiger charge is -2.56. The fraction of sp³-hybridized carbons (Fsp3) is 0.909. The molecule has 2 saturated heterocycles. The summed E-state index contributed by atoms with van der Waals surface area (Å²) in [5, 5.41) is 9.77. The number of halogens is 1. The molecule has 7 heteroatoms. The fourth-order valence-corrected chi connectivity index (χ4v) is 7.44. The highest BCUT2D eigenvalue weighted by Gasteiger charge is 2.51. The van der Waals surface area contributed by atoms with E-state index in [1.165, 1.54) is 25.7 Å². The first-order valence-electron chi connectivity index (χ1n) is 11.6. The molecule has 0 aromatic carbocycles. The van der Waals surface area contributed by atoms with Gasteiger partial charge in [0.2, 0.25) is 5.91 Å². The van der Waals surface area contributed by atoms with E-state index < -0.39 is 0 Å². The highest BCUT2D eigenvalue weighted by Crippen LogP contribution is 2.55. The summed E-state index contributed by atoms with van der Waals surface area (Å²) in [6, 6.07) is -0.0654. The van der Waals surface area contributed by atoms with Crippen LogP contribution in [0.5, 0.6) is 0 Å². The van der Waals surface area contributed by atoms with Crippen molar-refractivity contribution in [2.24, 2.45) is 23.2 Å². The van der Waals surface area contributed by atoms with Crippen LogP contribution in [0.1, 0.15) is 64.2 Å². The Bertz CT molecular complexity index is 589. The smallest absolute Gasteiger partial charge is 0.315 e. The predicted octanol–water partition coefficient (Wildman–Crippen LogP) is 2.67. The minimum absolute atomic E-state index is 0. The van der Waals surface area contributed by atoms with Crippen LogP contribution in [-0.4, -0.2) is 55.1 Å². The van der Waals surface area contributed by atoms with Crippen LogP contribution in [0.2, 0.25) is 0 Å². The van der Waals surface area contributed by atoms with Gasteiger partial charge in [0.25, 0.3) is 0 Å².